The molecule has 1 aliphatic heterocycles. The van der Waals surface area contributed by atoms with E-state index in [1.54, 1.807) is 41.8 Å². The zero-order valence-electron chi connectivity index (χ0n) is 19.8. The molecule has 3 aromatic rings. The van der Waals surface area contributed by atoms with Crippen molar-refractivity contribution in [2.24, 2.45) is 0 Å². The summed E-state index contributed by atoms with van der Waals surface area (Å²) in [4.78, 5) is 36.7. The Bertz CT molecular complexity index is 1230. The Labute approximate surface area is 213 Å². The number of nitrogens with zero attached hydrogens (tertiary/aromatic N) is 1. The first-order valence-corrected chi connectivity index (χ1v) is 12.5. The molecule has 1 unspecified atom stereocenters. The van der Waals surface area contributed by atoms with Crippen molar-refractivity contribution < 1.29 is 24.3 Å². The normalized spacial score (nSPS) is 16.8. The van der Waals surface area contributed by atoms with Gasteiger partial charge in [0.1, 0.15) is 6.04 Å². The van der Waals surface area contributed by atoms with Crippen molar-refractivity contribution in [2.75, 3.05) is 6.61 Å². The average Bonchev–Trinajstić information content (AvgIpc) is 3.39. The molecular weight excluding hydrogens is 478 g/mol. The van der Waals surface area contributed by atoms with Gasteiger partial charge in [0.15, 0.2) is 6.29 Å². The number of aliphatic hydroxyl groups excluding tert-OH is 1. The van der Waals surface area contributed by atoms with Crippen LogP contribution in [0.15, 0.2) is 60.8 Å². The van der Waals surface area contributed by atoms with E-state index >= 15 is 0 Å². The van der Waals surface area contributed by atoms with Crippen LogP contribution < -0.4 is 10.8 Å². The van der Waals surface area contributed by atoms with E-state index in [4.69, 9.17) is 9.57 Å². The largest absolute Gasteiger partial charge is 0.391 e. The quantitative estimate of drug-likeness (QED) is 0.336. The lowest BCUT2D eigenvalue weighted by atomic mass is 10.1. The van der Waals surface area contributed by atoms with Crippen molar-refractivity contribution in [3.05, 3.63) is 76.8 Å². The van der Waals surface area contributed by atoms with E-state index in [2.05, 4.69) is 27.6 Å². The minimum Gasteiger partial charge on any atom is -0.391 e. The molecule has 0 radical (unpaired) electrons. The summed E-state index contributed by atoms with van der Waals surface area (Å²) in [7, 11) is 0. The van der Waals surface area contributed by atoms with Gasteiger partial charge in [0.2, 0.25) is 0 Å². The highest BCUT2D eigenvalue weighted by atomic mass is 32.1. The van der Waals surface area contributed by atoms with Crippen molar-refractivity contribution in [1.82, 2.24) is 15.8 Å². The zero-order valence-corrected chi connectivity index (χ0v) is 20.6. The maximum atomic E-state index is 12.7. The molecule has 0 saturated carbocycles. The second-order valence-electron chi connectivity index (χ2n) is 8.28. The maximum Gasteiger partial charge on any atom is 0.268 e. The van der Waals surface area contributed by atoms with Crippen LogP contribution in [0.25, 0.3) is 10.6 Å². The van der Waals surface area contributed by atoms with E-state index in [-0.39, 0.29) is 0 Å². The van der Waals surface area contributed by atoms with E-state index in [1.165, 1.54) is 6.92 Å². The Balaban J connectivity index is 1.34. The fourth-order valence-electron chi connectivity index (χ4n) is 3.51. The third-order valence-corrected chi connectivity index (χ3v) is 6.50. The summed E-state index contributed by atoms with van der Waals surface area (Å²) < 4.78 is 5.40. The Morgan fingerprint density at radius 2 is 1.97 bits per heavy atom. The van der Waals surface area contributed by atoms with Crippen molar-refractivity contribution in [1.29, 1.82) is 0 Å². The number of aliphatic hydroxyl groups is 1. The number of hydrogen-bond acceptors (Lipinski definition) is 7. The average molecular weight is 506 g/mol. The number of ether oxygens (including phenoxy) is 1. The summed E-state index contributed by atoms with van der Waals surface area (Å²) in [5.41, 5.74) is 4.27. The second kappa shape index (κ2) is 12.4. The number of carbonyl (C=O) groups excluding carboxylic acids is 2. The molecule has 9 heteroatoms. The van der Waals surface area contributed by atoms with Crippen LogP contribution in [0.5, 0.6) is 0 Å². The van der Waals surface area contributed by atoms with Crippen LogP contribution in [-0.4, -0.2) is 46.9 Å². The number of pyridine rings is 1. The zero-order chi connectivity index (χ0) is 25.3. The molecule has 1 aromatic carbocycles. The van der Waals surface area contributed by atoms with E-state index in [9.17, 15) is 14.7 Å². The standard InChI is InChI=1S/C27H27N3O5S/c1-18(31)25(27(33)30-35-24-7-3-5-17-34-24)29-26(32)20-11-8-19(9-12-20)10-13-21-14-15-23(36-21)22-6-2-4-16-28-22/h2,4,6,8-9,11-12,14-16,18,24-25,31H,3,5,7,17H2,1H3,(H,29,32)(H,30,33)/t18-,24?,25+/m1/s1. The molecule has 1 aliphatic rings. The van der Waals surface area contributed by atoms with Gasteiger partial charge in [-0.3, -0.25) is 14.6 Å². The lowest BCUT2D eigenvalue weighted by Gasteiger charge is -2.25. The summed E-state index contributed by atoms with van der Waals surface area (Å²) in [5, 5.41) is 12.6. The van der Waals surface area contributed by atoms with Gasteiger partial charge in [-0.25, -0.2) is 10.3 Å². The molecule has 0 bridgehead atoms. The van der Waals surface area contributed by atoms with Crippen LogP contribution in [0.1, 0.15) is 47.0 Å². The van der Waals surface area contributed by atoms with Crippen LogP contribution in [0.3, 0.4) is 0 Å². The van der Waals surface area contributed by atoms with E-state index in [1.807, 2.05) is 30.3 Å². The summed E-state index contributed by atoms with van der Waals surface area (Å²) in [6.45, 7) is 1.99. The molecule has 0 spiro atoms. The van der Waals surface area contributed by atoms with Gasteiger partial charge >= 0.3 is 0 Å². The molecule has 0 aliphatic carbocycles. The summed E-state index contributed by atoms with van der Waals surface area (Å²) >= 11 is 1.56. The number of benzene rings is 1. The SMILES string of the molecule is C[C@@H](O)[C@H](NC(=O)c1ccc(C#Cc2ccc(-c3ccccn3)s2)cc1)C(=O)NOC1CCCCO1. The predicted octanol–water partition coefficient (Wildman–Crippen LogP) is 3.26. The van der Waals surface area contributed by atoms with Crippen molar-refractivity contribution in [3.63, 3.8) is 0 Å². The molecule has 36 heavy (non-hydrogen) atoms. The van der Waals surface area contributed by atoms with Gasteiger partial charge < -0.3 is 15.2 Å². The van der Waals surface area contributed by atoms with Gasteiger partial charge in [0, 0.05) is 30.4 Å². The third kappa shape index (κ3) is 6.99. The number of hydroxylamine groups is 1. The molecule has 4 rings (SSSR count). The molecule has 3 N–H and O–H groups in total. The monoisotopic (exact) mass is 505 g/mol. The molecule has 8 nitrogen and oxygen atoms in total. The summed E-state index contributed by atoms with van der Waals surface area (Å²) in [6.07, 6.45) is 2.66. The van der Waals surface area contributed by atoms with Gasteiger partial charge in [0.05, 0.1) is 21.6 Å². The molecule has 3 heterocycles. The molecule has 3 atom stereocenters. The first kappa shape index (κ1) is 25.5. The van der Waals surface area contributed by atoms with Crippen LogP contribution in [0, 0.1) is 11.8 Å². The molecule has 1 fully saturated rings. The van der Waals surface area contributed by atoms with Crippen molar-refractivity contribution in [3.8, 4) is 22.4 Å². The molecule has 1 saturated heterocycles. The van der Waals surface area contributed by atoms with Gasteiger partial charge in [0.25, 0.3) is 11.8 Å². The van der Waals surface area contributed by atoms with Crippen LogP contribution in [-0.2, 0) is 14.4 Å². The maximum absolute atomic E-state index is 12.7. The molecule has 186 valence electrons. The topological polar surface area (TPSA) is 110 Å². The number of thiophene rings is 1. The van der Waals surface area contributed by atoms with Crippen LogP contribution in [0.4, 0.5) is 0 Å². The van der Waals surface area contributed by atoms with Crippen LogP contribution >= 0.6 is 11.3 Å². The number of amides is 2. The minimum atomic E-state index is -1.19. The minimum absolute atomic E-state index is 0.337. The first-order valence-electron chi connectivity index (χ1n) is 11.7. The smallest absolute Gasteiger partial charge is 0.268 e. The Hall–Kier alpha value is -3.55. The number of hydrogen-bond donors (Lipinski definition) is 3. The van der Waals surface area contributed by atoms with Crippen molar-refractivity contribution >= 4 is 23.2 Å². The Morgan fingerprint density at radius 1 is 1.14 bits per heavy atom. The highest BCUT2D eigenvalue weighted by Crippen LogP contribution is 2.25. The van der Waals surface area contributed by atoms with Gasteiger partial charge in [-0.1, -0.05) is 17.9 Å². The predicted molar refractivity (Wildman–Crippen MR) is 136 cm³/mol. The van der Waals surface area contributed by atoms with E-state index in [0.717, 1.165) is 33.9 Å². The lowest BCUT2D eigenvalue weighted by Crippen LogP contribution is -2.53. The highest BCUT2D eigenvalue weighted by molar-refractivity contribution is 7.16. The fraction of sp³-hybridized carbons (Fsp3) is 0.296. The molecular formula is C27H27N3O5S. The summed E-state index contributed by atoms with van der Waals surface area (Å²) in [5.74, 6) is 5.07. The number of aromatic nitrogens is 1. The first-order chi connectivity index (χ1) is 17.5. The number of carbonyl (C=O) groups is 2. The Kier molecular flexibility index (Phi) is 8.81. The highest BCUT2D eigenvalue weighted by Gasteiger charge is 2.27. The van der Waals surface area contributed by atoms with E-state index in [0.29, 0.717) is 18.6 Å². The van der Waals surface area contributed by atoms with Crippen LogP contribution in [0.2, 0.25) is 0 Å². The number of rotatable bonds is 7. The molecule has 2 amide bonds. The lowest BCUT2D eigenvalue weighted by molar-refractivity contribution is -0.202. The fourth-order valence-corrected chi connectivity index (χ4v) is 4.35. The third-order valence-electron chi connectivity index (χ3n) is 5.48. The second-order valence-corrected chi connectivity index (χ2v) is 9.36. The molecule has 2 aromatic heterocycles. The van der Waals surface area contributed by atoms with Gasteiger partial charge in [-0.2, -0.15) is 0 Å². The number of nitrogens with one attached hydrogen (secondary N) is 2. The van der Waals surface area contributed by atoms with Gasteiger partial charge in [-0.05, 0) is 68.3 Å². The van der Waals surface area contributed by atoms with Gasteiger partial charge in [-0.15, -0.1) is 11.3 Å². The van der Waals surface area contributed by atoms with E-state index < -0.39 is 30.3 Å². The van der Waals surface area contributed by atoms with Crippen molar-refractivity contribution in [2.45, 2.75) is 44.6 Å². The summed E-state index contributed by atoms with van der Waals surface area (Å²) in [6, 6.07) is 15.2. The Morgan fingerprint density at radius 3 is 2.67 bits per heavy atom.